The van der Waals surface area contributed by atoms with Gasteiger partial charge in [-0.2, -0.15) is 0 Å². The molecule has 0 aromatic heterocycles. The Kier molecular flexibility index (Phi) is 11.8. The molecule has 0 aromatic carbocycles. The molecule has 1 fully saturated rings. The second-order valence-corrected chi connectivity index (χ2v) is 9.86. The largest absolute Gasteiger partial charge is 0.463 e. The number of carbonyl (C=O) groups excluding carboxylic acids is 5. The molecule has 0 bridgehead atoms. The minimum atomic E-state index is -0.971. The monoisotopic (exact) mass is 464 g/mol. The van der Waals surface area contributed by atoms with Crippen LogP contribution >= 0.6 is 23.5 Å². The summed E-state index contributed by atoms with van der Waals surface area (Å²) in [7, 11) is 0. The van der Waals surface area contributed by atoms with Crippen molar-refractivity contribution in [3.63, 3.8) is 0 Å². The molecule has 8 N–H and O–H groups in total. The molecule has 170 valence electrons. The van der Waals surface area contributed by atoms with Crippen LogP contribution in [0.1, 0.15) is 32.1 Å². The van der Waals surface area contributed by atoms with Gasteiger partial charge < -0.3 is 37.2 Å². The Balaban J connectivity index is 2.55. The van der Waals surface area contributed by atoms with E-state index < -0.39 is 35.8 Å². The fourth-order valence-electron chi connectivity index (χ4n) is 2.45. The topological polar surface area (TPSA) is 208 Å². The Bertz CT molecular complexity index is 589. The maximum atomic E-state index is 12.0. The van der Waals surface area contributed by atoms with E-state index in [0.717, 1.165) is 6.29 Å². The van der Waals surface area contributed by atoms with E-state index in [2.05, 4.69) is 0 Å². The van der Waals surface area contributed by atoms with Crippen molar-refractivity contribution in [3.8, 4) is 0 Å². The first kappa shape index (κ1) is 26.2. The summed E-state index contributed by atoms with van der Waals surface area (Å²) >= 11 is 2.89. The minimum Gasteiger partial charge on any atom is -0.463 e. The van der Waals surface area contributed by atoms with E-state index in [1.165, 1.54) is 23.5 Å². The summed E-state index contributed by atoms with van der Waals surface area (Å²) in [5.41, 5.74) is 21.4. The van der Waals surface area contributed by atoms with Crippen molar-refractivity contribution >= 4 is 53.6 Å². The lowest BCUT2D eigenvalue weighted by Crippen LogP contribution is -2.38. The van der Waals surface area contributed by atoms with Gasteiger partial charge in [0.05, 0.1) is 15.1 Å². The third-order valence-electron chi connectivity index (χ3n) is 4.15. The van der Waals surface area contributed by atoms with Gasteiger partial charge in [-0.15, -0.1) is 23.5 Å². The van der Waals surface area contributed by atoms with E-state index in [0.29, 0.717) is 6.42 Å². The van der Waals surface area contributed by atoms with Gasteiger partial charge in [0, 0.05) is 19.3 Å². The zero-order valence-electron chi connectivity index (χ0n) is 16.4. The van der Waals surface area contributed by atoms with E-state index in [4.69, 9.17) is 32.4 Å². The normalized spacial score (nSPS) is 22.7. The van der Waals surface area contributed by atoms with Crippen LogP contribution in [0.4, 0.5) is 0 Å². The summed E-state index contributed by atoms with van der Waals surface area (Å²) in [6.07, 6.45) is 1.19. The number of hydrogen-bond donors (Lipinski definition) is 4. The highest BCUT2D eigenvalue weighted by molar-refractivity contribution is 8.20. The molecule has 1 heterocycles. The number of amides is 2. The lowest BCUT2D eigenvalue weighted by molar-refractivity contribution is -0.147. The van der Waals surface area contributed by atoms with E-state index >= 15 is 0 Å². The summed E-state index contributed by atoms with van der Waals surface area (Å²) in [5.74, 6) is -2.45. The van der Waals surface area contributed by atoms with Gasteiger partial charge in [-0.3, -0.25) is 19.2 Å². The highest BCUT2D eigenvalue weighted by atomic mass is 32.2. The maximum absolute atomic E-state index is 12.0. The molecule has 1 unspecified atom stereocenters. The SMILES string of the molecule is NC(=O)CC[C@H](N)C(=O)OC[C@@H]1SC(CC=O)S[C@@H]1COC(=O)[C@@H](N)CCC(N)=O. The van der Waals surface area contributed by atoms with Crippen LogP contribution in [-0.2, 0) is 33.4 Å². The third kappa shape index (κ3) is 9.78. The smallest absolute Gasteiger partial charge is 0.322 e. The predicted octanol–water partition coefficient (Wildman–Crippen LogP) is -1.61. The van der Waals surface area contributed by atoms with Crippen molar-refractivity contribution in [2.75, 3.05) is 13.2 Å². The molecule has 0 aromatic rings. The number of rotatable bonds is 14. The van der Waals surface area contributed by atoms with Crippen LogP contribution in [0.5, 0.6) is 0 Å². The first-order chi connectivity index (χ1) is 14.1. The summed E-state index contributed by atoms with van der Waals surface area (Å²) in [6, 6.07) is -1.94. The standard InChI is InChI=1S/C17H28N4O7S2/c18-9(1-3-13(20)23)16(25)27-7-11-12(30-15(29-11)5-6-22)8-28-17(26)10(19)2-4-14(21)24/h6,9-12,15H,1-5,7-8,18-19H2,(H2,20,23)(H2,21,24)/t9-,10-,11-,12+,15?/m0/s1. The fourth-order valence-corrected chi connectivity index (χ4v) is 5.91. The van der Waals surface area contributed by atoms with Crippen LogP contribution in [0.3, 0.4) is 0 Å². The Morgan fingerprint density at radius 3 is 1.57 bits per heavy atom. The molecule has 2 amide bonds. The summed E-state index contributed by atoms with van der Waals surface area (Å²) in [4.78, 5) is 56.4. The summed E-state index contributed by atoms with van der Waals surface area (Å²) in [5, 5.41) is -0.469. The molecule has 30 heavy (non-hydrogen) atoms. The van der Waals surface area contributed by atoms with Gasteiger partial charge in [0.25, 0.3) is 0 Å². The number of carbonyl (C=O) groups is 5. The van der Waals surface area contributed by atoms with Crippen molar-refractivity contribution in [2.45, 2.75) is 59.3 Å². The van der Waals surface area contributed by atoms with Crippen LogP contribution in [0.25, 0.3) is 0 Å². The van der Waals surface area contributed by atoms with E-state index in [-0.39, 0.29) is 54.0 Å². The molecule has 0 radical (unpaired) electrons. The Labute approximate surface area is 182 Å². The number of ether oxygens (including phenoxy) is 2. The fraction of sp³-hybridized carbons (Fsp3) is 0.706. The Hall–Kier alpha value is -1.83. The van der Waals surface area contributed by atoms with Crippen molar-refractivity contribution < 1.29 is 33.4 Å². The van der Waals surface area contributed by atoms with Crippen LogP contribution < -0.4 is 22.9 Å². The molecule has 11 nitrogen and oxygen atoms in total. The molecule has 0 spiro atoms. The molecule has 0 aliphatic carbocycles. The van der Waals surface area contributed by atoms with Crippen molar-refractivity contribution in [1.82, 2.24) is 0 Å². The number of primary amides is 2. The van der Waals surface area contributed by atoms with Gasteiger partial charge in [-0.25, -0.2) is 0 Å². The van der Waals surface area contributed by atoms with Gasteiger partial charge in [-0.05, 0) is 12.8 Å². The van der Waals surface area contributed by atoms with Crippen molar-refractivity contribution in [3.05, 3.63) is 0 Å². The van der Waals surface area contributed by atoms with Crippen molar-refractivity contribution in [1.29, 1.82) is 0 Å². The van der Waals surface area contributed by atoms with E-state index in [9.17, 15) is 24.0 Å². The number of esters is 2. The first-order valence-corrected chi connectivity index (χ1v) is 11.2. The average Bonchev–Trinajstić information content (AvgIpc) is 3.08. The summed E-state index contributed by atoms with van der Waals surface area (Å²) in [6.45, 7) is 0.0121. The van der Waals surface area contributed by atoms with Crippen LogP contribution in [0.2, 0.25) is 0 Å². The number of thioether (sulfide) groups is 2. The predicted molar refractivity (Wildman–Crippen MR) is 112 cm³/mol. The van der Waals surface area contributed by atoms with Crippen LogP contribution in [0, 0.1) is 0 Å². The van der Waals surface area contributed by atoms with Gasteiger partial charge in [0.15, 0.2) is 0 Å². The lowest BCUT2D eigenvalue weighted by atomic mass is 10.1. The highest BCUT2D eigenvalue weighted by Crippen LogP contribution is 2.45. The zero-order chi connectivity index (χ0) is 22.7. The molecule has 1 aliphatic heterocycles. The molecule has 1 aliphatic rings. The quantitative estimate of drug-likeness (QED) is 0.170. The first-order valence-electron chi connectivity index (χ1n) is 9.29. The number of nitrogens with two attached hydrogens (primary N) is 4. The minimum absolute atomic E-state index is 0.00603. The summed E-state index contributed by atoms with van der Waals surface area (Å²) < 4.78 is 10.4. The molecular weight excluding hydrogens is 436 g/mol. The van der Waals surface area contributed by atoms with Crippen LogP contribution in [-0.4, -0.2) is 70.4 Å². The van der Waals surface area contributed by atoms with Gasteiger partial charge in [0.1, 0.15) is 31.6 Å². The molecule has 5 atom stereocenters. The molecule has 1 saturated heterocycles. The second kappa shape index (κ2) is 13.5. The third-order valence-corrected chi connectivity index (χ3v) is 7.60. The molecular formula is C17H28N4O7S2. The van der Waals surface area contributed by atoms with Crippen molar-refractivity contribution in [2.24, 2.45) is 22.9 Å². The lowest BCUT2D eigenvalue weighted by Gasteiger charge is -2.20. The van der Waals surface area contributed by atoms with E-state index in [1.807, 2.05) is 0 Å². The van der Waals surface area contributed by atoms with Gasteiger partial charge in [0.2, 0.25) is 11.8 Å². The molecule has 13 heteroatoms. The van der Waals surface area contributed by atoms with E-state index in [1.54, 1.807) is 0 Å². The second-order valence-electron chi connectivity index (χ2n) is 6.66. The molecule has 0 saturated carbocycles. The number of aldehydes is 1. The Morgan fingerprint density at radius 1 is 0.833 bits per heavy atom. The average molecular weight is 465 g/mol. The van der Waals surface area contributed by atoms with Gasteiger partial charge in [-0.1, -0.05) is 0 Å². The van der Waals surface area contributed by atoms with Crippen LogP contribution in [0.15, 0.2) is 0 Å². The Morgan fingerprint density at radius 2 is 1.23 bits per heavy atom. The zero-order valence-corrected chi connectivity index (χ0v) is 18.0. The van der Waals surface area contributed by atoms with Gasteiger partial charge >= 0.3 is 11.9 Å². The molecule has 1 rings (SSSR count). The number of hydrogen-bond acceptors (Lipinski definition) is 11. The highest BCUT2D eigenvalue weighted by Gasteiger charge is 2.37. The maximum Gasteiger partial charge on any atom is 0.322 e.